The molecule has 5 N–H and O–H groups in total. The number of aromatic carboxylic acids is 1. The van der Waals surface area contributed by atoms with Crippen LogP contribution in [0.5, 0.6) is 5.75 Å². The third-order valence-electron chi connectivity index (χ3n) is 6.96. The first-order chi connectivity index (χ1) is 14.8. The predicted octanol–water partition coefficient (Wildman–Crippen LogP) is 0.263. The summed E-state index contributed by atoms with van der Waals surface area (Å²) in [4.78, 5) is 28.5. The molecule has 1 aromatic rings. The summed E-state index contributed by atoms with van der Waals surface area (Å²) in [5, 5.41) is 22.5. The van der Waals surface area contributed by atoms with Crippen molar-refractivity contribution in [1.29, 1.82) is 0 Å². The highest BCUT2D eigenvalue weighted by atomic mass is 16.5. The van der Waals surface area contributed by atoms with Gasteiger partial charge in [-0.05, 0) is 56.7 Å². The summed E-state index contributed by atoms with van der Waals surface area (Å²) in [6.45, 7) is 1.99. The molecule has 1 saturated carbocycles. The van der Waals surface area contributed by atoms with E-state index in [0.717, 1.165) is 38.8 Å². The molecule has 2 heterocycles. The molecular weight excluding hydrogens is 399 g/mol. The van der Waals surface area contributed by atoms with E-state index < -0.39 is 19.0 Å². The van der Waals surface area contributed by atoms with Gasteiger partial charge in [0.2, 0.25) is 5.91 Å². The highest BCUT2D eigenvalue weighted by Crippen LogP contribution is 2.32. The fourth-order valence-corrected chi connectivity index (χ4v) is 5.11. The molecule has 0 radical (unpaired) electrons. The van der Waals surface area contributed by atoms with Crippen LogP contribution in [0.3, 0.4) is 0 Å². The molecule has 1 saturated heterocycles. The molecule has 1 aromatic carbocycles. The number of hydrogen-bond donors (Lipinski definition) is 4. The number of nitrogens with zero attached hydrogens (tertiary/aromatic N) is 2. The molecule has 2 fully saturated rings. The fourth-order valence-electron chi connectivity index (χ4n) is 5.11. The van der Waals surface area contributed by atoms with Gasteiger partial charge in [-0.3, -0.25) is 14.6 Å². The van der Waals surface area contributed by atoms with Gasteiger partial charge in [-0.1, -0.05) is 12.1 Å². The Bertz CT molecular complexity index is 832. The van der Waals surface area contributed by atoms with Crippen molar-refractivity contribution >= 4 is 19.0 Å². The van der Waals surface area contributed by atoms with Gasteiger partial charge in [0.1, 0.15) is 12.0 Å². The lowest BCUT2D eigenvalue weighted by molar-refractivity contribution is -0.122. The van der Waals surface area contributed by atoms with Crippen LogP contribution in [0.15, 0.2) is 18.2 Å². The van der Waals surface area contributed by atoms with Crippen LogP contribution in [0.25, 0.3) is 0 Å². The summed E-state index contributed by atoms with van der Waals surface area (Å²) in [5.74, 6) is -1.31. The summed E-state index contributed by atoms with van der Waals surface area (Å²) in [7, 11) is 0.770. The van der Waals surface area contributed by atoms with Crippen LogP contribution in [-0.2, 0) is 11.2 Å². The molecule has 168 valence electrons. The number of carbonyl (C=O) groups is 2. The van der Waals surface area contributed by atoms with Gasteiger partial charge in [-0.25, -0.2) is 4.79 Å². The molecule has 9 nitrogen and oxygen atoms in total. The monoisotopic (exact) mass is 430 g/mol. The number of fused-ring (bicyclic) bond motifs is 1. The minimum Gasteiger partial charge on any atom is -0.534 e. The zero-order chi connectivity index (χ0) is 22.1. The Morgan fingerprint density at radius 1 is 1.26 bits per heavy atom. The molecule has 0 spiro atoms. The van der Waals surface area contributed by atoms with Gasteiger partial charge in [0.25, 0.3) is 0 Å². The van der Waals surface area contributed by atoms with Crippen molar-refractivity contribution in [3.8, 4) is 5.75 Å². The molecule has 2 aliphatic heterocycles. The number of amides is 1. The van der Waals surface area contributed by atoms with Crippen molar-refractivity contribution in [3.05, 3.63) is 29.3 Å². The van der Waals surface area contributed by atoms with Crippen LogP contribution in [0, 0.1) is 5.92 Å². The van der Waals surface area contributed by atoms with Crippen molar-refractivity contribution in [2.45, 2.75) is 56.8 Å². The van der Waals surface area contributed by atoms with Crippen molar-refractivity contribution in [1.82, 2.24) is 15.1 Å². The summed E-state index contributed by atoms with van der Waals surface area (Å²) >= 11 is 0. The minimum atomic E-state index is -1.28. The number of carboxylic acids is 1. The third-order valence-corrected chi connectivity index (χ3v) is 6.96. The van der Waals surface area contributed by atoms with Crippen LogP contribution in [0.1, 0.15) is 48.0 Å². The lowest BCUT2D eigenvalue weighted by Crippen LogP contribution is -2.53. The maximum absolute atomic E-state index is 12.6. The van der Waals surface area contributed by atoms with Crippen molar-refractivity contribution in [2.24, 2.45) is 11.7 Å². The molecule has 1 amide bonds. The standard InChI is InChI=1S/C21H31BN4O5/c1-25-9-10-26(21(25)23)15-7-5-13(6-8-15)11-18(27)24-17-12-14-3-2-4-16(20(28)29)19(14)31-22(17)30/h2-4,13,15,17,21,30H,5-12,23H2,1H3,(H,24,27)(H,28,29)/t13-,15-,17-,21?/m0/s1. The predicted molar refractivity (Wildman–Crippen MR) is 115 cm³/mol. The average Bonchev–Trinajstić information content (AvgIpc) is 3.07. The first-order valence-corrected chi connectivity index (χ1v) is 11.0. The molecule has 31 heavy (non-hydrogen) atoms. The van der Waals surface area contributed by atoms with Gasteiger partial charge >= 0.3 is 13.1 Å². The molecule has 0 aromatic heterocycles. The Hall–Kier alpha value is -2.14. The van der Waals surface area contributed by atoms with Crippen LogP contribution in [0.2, 0.25) is 0 Å². The van der Waals surface area contributed by atoms with Crippen LogP contribution < -0.4 is 15.7 Å². The van der Waals surface area contributed by atoms with Gasteiger partial charge in [-0.15, -0.1) is 0 Å². The minimum absolute atomic E-state index is 0.0119. The molecular formula is C21H31BN4O5. The number of nitrogens with one attached hydrogen (secondary N) is 1. The maximum Gasteiger partial charge on any atom is 0.547 e. The Kier molecular flexibility index (Phi) is 6.52. The zero-order valence-electron chi connectivity index (χ0n) is 17.9. The lowest BCUT2D eigenvalue weighted by Gasteiger charge is -2.37. The molecule has 4 rings (SSSR count). The Labute approximate surface area is 182 Å². The van der Waals surface area contributed by atoms with Crippen LogP contribution >= 0.6 is 0 Å². The Morgan fingerprint density at radius 2 is 2.00 bits per heavy atom. The third kappa shape index (κ3) is 4.72. The van der Waals surface area contributed by atoms with E-state index in [4.69, 9.17) is 10.4 Å². The van der Waals surface area contributed by atoms with Gasteiger partial charge in [0.15, 0.2) is 0 Å². The molecule has 2 atom stereocenters. The summed E-state index contributed by atoms with van der Waals surface area (Å²) in [6.07, 6.45) is 4.79. The average molecular weight is 430 g/mol. The molecule has 0 bridgehead atoms. The molecule has 3 aliphatic rings. The highest BCUT2D eigenvalue weighted by molar-refractivity contribution is 6.47. The number of likely N-dealkylation sites (N-methyl/N-ethyl adjacent to an activating group) is 1. The zero-order valence-corrected chi connectivity index (χ0v) is 17.9. The van der Waals surface area contributed by atoms with Crippen molar-refractivity contribution in [3.63, 3.8) is 0 Å². The van der Waals surface area contributed by atoms with E-state index in [1.807, 2.05) is 7.05 Å². The topological polar surface area (TPSA) is 128 Å². The van der Waals surface area contributed by atoms with E-state index in [9.17, 15) is 19.7 Å². The van der Waals surface area contributed by atoms with E-state index in [2.05, 4.69) is 15.1 Å². The lowest BCUT2D eigenvalue weighted by atomic mass is 9.72. The van der Waals surface area contributed by atoms with Crippen LogP contribution in [-0.4, -0.2) is 77.3 Å². The van der Waals surface area contributed by atoms with Crippen LogP contribution in [0.4, 0.5) is 0 Å². The largest absolute Gasteiger partial charge is 0.547 e. The van der Waals surface area contributed by atoms with E-state index in [1.165, 1.54) is 6.07 Å². The smallest absolute Gasteiger partial charge is 0.534 e. The van der Waals surface area contributed by atoms with E-state index in [0.29, 0.717) is 30.4 Å². The van der Waals surface area contributed by atoms with E-state index in [1.54, 1.807) is 12.1 Å². The van der Waals surface area contributed by atoms with E-state index in [-0.39, 0.29) is 23.5 Å². The Morgan fingerprint density at radius 3 is 2.65 bits per heavy atom. The van der Waals surface area contributed by atoms with Gasteiger partial charge in [0.05, 0.1) is 11.5 Å². The SMILES string of the molecule is CN1CCN([C@H]2CC[C@H](CC(=O)N[C@H]3Cc4cccc(C(=O)O)c4OB3O)CC2)C1N. The molecule has 1 unspecified atom stereocenters. The Balaban J connectivity index is 1.28. The quantitative estimate of drug-likeness (QED) is 0.490. The summed E-state index contributed by atoms with van der Waals surface area (Å²) in [5.41, 5.74) is 6.95. The number of rotatable bonds is 5. The second-order valence-electron chi connectivity index (χ2n) is 9.00. The fraction of sp³-hybridized carbons (Fsp3) is 0.619. The highest BCUT2D eigenvalue weighted by Gasteiger charge is 2.38. The van der Waals surface area contributed by atoms with E-state index >= 15 is 0 Å². The first kappa shape index (κ1) is 22.1. The number of carboxylic acid groups (broad SMARTS) is 1. The second kappa shape index (κ2) is 9.16. The summed E-state index contributed by atoms with van der Waals surface area (Å²) in [6, 6.07) is 5.32. The van der Waals surface area contributed by atoms with Crippen molar-refractivity contribution < 1.29 is 24.4 Å². The van der Waals surface area contributed by atoms with Crippen molar-refractivity contribution in [2.75, 3.05) is 20.1 Å². The van der Waals surface area contributed by atoms with Gasteiger partial charge in [-0.2, -0.15) is 0 Å². The van der Waals surface area contributed by atoms with Gasteiger partial charge in [0, 0.05) is 25.6 Å². The normalized spacial score (nSPS) is 29.3. The maximum atomic E-state index is 12.6. The number of benzene rings is 1. The number of hydrogen-bond acceptors (Lipinski definition) is 7. The number of para-hydroxylation sites is 1. The first-order valence-electron chi connectivity index (χ1n) is 11.0. The van der Waals surface area contributed by atoms with Gasteiger partial charge < -0.3 is 25.8 Å². The molecule has 1 aliphatic carbocycles. The molecule has 10 heteroatoms. The second-order valence-corrected chi connectivity index (χ2v) is 9.00. The number of nitrogens with two attached hydrogens (primary N) is 1. The number of carbonyl (C=O) groups excluding carboxylic acids is 1. The summed E-state index contributed by atoms with van der Waals surface area (Å²) < 4.78 is 5.46.